The largest absolute Gasteiger partial charge is 0.507 e. The third-order valence-corrected chi connectivity index (χ3v) is 9.54. The summed E-state index contributed by atoms with van der Waals surface area (Å²) in [7, 11) is 0.561. The number of nitrogens with zero attached hydrogens (tertiary/aromatic N) is 1. The number of hydrogen-bond acceptors (Lipinski definition) is 2. The predicted octanol–water partition coefficient (Wildman–Crippen LogP) is 8.15. The van der Waals surface area contributed by atoms with Gasteiger partial charge < -0.3 is 5.11 Å². The molecule has 4 rings (SSSR count). The monoisotopic (exact) mass is 509 g/mol. The Morgan fingerprint density at radius 3 is 1.89 bits per heavy atom. The second-order valence-corrected chi connectivity index (χ2v) is 12.4. The molecule has 3 heteroatoms. The van der Waals surface area contributed by atoms with Gasteiger partial charge in [-0.1, -0.05) is 119 Å². The molecule has 37 heavy (non-hydrogen) atoms. The van der Waals surface area contributed by atoms with Gasteiger partial charge >= 0.3 is 0 Å². The van der Waals surface area contributed by atoms with E-state index in [1.807, 2.05) is 6.92 Å². The van der Waals surface area contributed by atoms with Gasteiger partial charge in [0.2, 0.25) is 0 Å². The van der Waals surface area contributed by atoms with Crippen molar-refractivity contribution in [2.24, 2.45) is 0 Å². The molecule has 0 saturated carbocycles. The lowest BCUT2D eigenvalue weighted by molar-refractivity contribution is 0.248. The Balaban J connectivity index is 1.69. The molecule has 0 heterocycles. The van der Waals surface area contributed by atoms with Crippen molar-refractivity contribution in [1.82, 2.24) is 4.90 Å². The number of benzene rings is 4. The number of rotatable bonds is 10. The molecule has 0 aliphatic heterocycles. The second-order valence-electron chi connectivity index (χ2n) is 10.5. The fourth-order valence-corrected chi connectivity index (χ4v) is 6.79. The van der Waals surface area contributed by atoms with Gasteiger partial charge in [-0.3, -0.25) is 4.90 Å². The lowest BCUT2D eigenvalue weighted by atomic mass is 9.93. The summed E-state index contributed by atoms with van der Waals surface area (Å²) < 4.78 is 0. The predicted molar refractivity (Wildman–Crippen MR) is 160 cm³/mol. The Morgan fingerprint density at radius 2 is 1.32 bits per heavy atom. The molecule has 4 aromatic carbocycles. The molecule has 0 fully saturated rings. The van der Waals surface area contributed by atoms with Gasteiger partial charge in [-0.25, -0.2) is 0 Å². The quantitative estimate of drug-likeness (QED) is 0.218. The summed E-state index contributed by atoms with van der Waals surface area (Å²) in [6.07, 6.45) is 0.966. The van der Waals surface area contributed by atoms with Crippen LogP contribution in [0.2, 0.25) is 0 Å². The maximum Gasteiger partial charge on any atom is 0.122 e. The van der Waals surface area contributed by atoms with Crippen LogP contribution < -0.4 is 5.30 Å². The van der Waals surface area contributed by atoms with Gasteiger partial charge in [-0.15, -0.1) is 0 Å². The molecule has 0 aliphatic rings. The average Bonchev–Trinajstić information content (AvgIpc) is 2.89. The summed E-state index contributed by atoms with van der Waals surface area (Å²) in [4.78, 5) is 2.55. The van der Waals surface area contributed by atoms with Crippen LogP contribution in [0.3, 0.4) is 0 Å². The Labute approximate surface area is 225 Å². The molecular weight excluding hydrogens is 469 g/mol. The molecule has 0 aliphatic carbocycles. The summed E-state index contributed by atoms with van der Waals surface area (Å²) in [6.45, 7) is 13.6. The van der Waals surface area contributed by atoms with Gasteiger partial charge in [-0.05, 0) is 60.3 Å². The highest BCUT2D eigenvalue weighted by atomic mass is 31.1. The first-order chi connectivity index (χ1) is 17.8. The van der Waals surface area contributed by atoms with Crippen LogP contribution >= 0.6 is 8.58 Å². The zero-order chi connectivity index (χ0) is 26.4. The Bertz CT molecular complexity index is 1280. The van der Waals surface area contributed by atoms with Crippen LogP contribution in [0.25, 0.3) is 0 Å². The molecular formula is C34H40NOP. The summed E-state index contributed by atoms with van der Waals surface area (Å²) >= 11 is 0. The third kappa shape index (κ3) is 6.69. The van der Waals surface area contributed by atoms with Crippen molar-refractivity contribution in [1.29, 1.82) is 0 Å². The fraction of sp³-hybridized carbons (Fsp3) is 0.294. The van der Waals surface area contributed by atoms with E-state index < -0.39 is 0 Å². The van der Waals surface area contributed by atoms with Gasteiger partial charge in [0.15, 0.2) is 0 Å². The number of phenolic OH excluding ortho intramolecular Hbond substituents is 1. The van der Waals surface area contributed by atoms with Crippen LogP contribution in [0, 0.1) is 20.8 Å². The summed E-state index contributed by atoms with van der Waals surface area (Å²) in [5, 5.41) is 12.4. The number of aryl methyl sites for hydroxylation is 3. The lowest BCUT2D eigenvalue weighted by Crippen LogP contribution is -2.27. The first-order valence-electron chi connectivity index (χ1n) is 13.3. The van der Waals surface area contributed by atoms with Crippen LogP contribution in [0.4, 0.5) is 0 Å². The second kappa shape index (κ2) is 12.1. The van der Waals surface area contributed by atoms with E-state index in [-0.39, 0.29) is 5.16 Å². The molecule has 0 saturated heterocycles. The van der Waals surface area contributed by atoms with Crippen molar-refractivity contribution in [3.05, 3.63) is 130 Å². The van der Waals surface area contributed by atoms with E-state index in [4.69, 9.17) is 0 Å². The van der Waals surface area contributed by atoms with Gasteiger partial charge in [-0.2, -0.15) is 0 Å². The van der Waals surface area contributed by atoms with Gasteiger partial charge in [0, 0.05) is 30.4 Å². The lowest BCUT2D eigenvalue weighted by Gasteiger charge is -2.33. The van der Waals surface area contributed by atoms with Crippen LogP contribution in [-0.4, -0.2) is 10.0 Å². The average molecular weight is 510 g/mol. The van der Waals surface area contributed by atoms with Crippen LogP contribution in [0.15, 0.2) is 91.0 Å². The van der Waals surface area contributed by atoms with Crippen LogP contribution in [-0.2, 0) is 24.8 Å². The standard InChI is InChI=1S/C34H40NOP/c1-6-34(5,31-21-25(2)20-27(4)32(31)36)37-33-26(3)14-13-19-30(33)24-35(22-28-15-9-7-10-16-28)23-29-17-11-8-12-18-29/h7-21,36-37H,6,22-24H2,1-5H3. The van der Waals surface area contributed by atoms with Gasteiger partial charge in [0.1, 0.15) is 5.75 Å². The molecule has 192 valence electrons. The van der Waals surface area contributed by atoms with E-state index in [2.05, 4.69) is 124 Å². The van der Waals surface area contributed by atoms with E-state index in [1.54, 1.807) is 0 Å². The molecule has 2 unspecified atom stereocenters. The van der Waals surface area contributed by atoms with E-state index in [1.165, 1.54) is 33.1 Å². The molecule has 0 spiro atoms. The fourth-order valence-electron chi connectivity index (χ4n) is 5.13. The minimum Gasteiger partial charge on any atom is -0.507 e. The third-order valence-electron chi connectivity index (χ3n) is 7.40. The molecule has 2 atom stereocenters. The summed E-state index contributed by atoms with van der Waals surface area (Å²) in [5.41, 5.74) is 8.61. The zero-order valence-electron chi connectivity index (χ0n) is 22.9. The Morgan fingerprint density at radius 1 is 0.730 bits per heavy atom. The first kappa shape index (κ1) is 27.1. The molecule has 0 aromatic heterocycles. The molecule has 1 N–H and O–H groups in total. The first-order valence-corrected chi connectivity index (χ1v) is 14.3. The molecule has 0 amide bonds. The Hall–Kier alpha value is -2.93. The van der Waals surface area contributed by atoms with Gasteiger partial charge in [0.05, 0.1) is 0 Å². The number of phenols is 1. The van der Waals surface area contributed by atoms with E-state index in [0.29, 0.717) is 14.3 Å². The Kier molecular flexibility index (Phi) is 8.85. The normalized spacial score (nSPS) is 13.4. The summed E-state index contributed by atoms with van der Waals surface area (Å²) in [6, 6.07) is 32.5. The van der Waals surface area contributed by atoms with E-state index in [9.17, 15) is 5.11 Å². The van der Waals surface area contributed by atoms with Crippen molar-refractivity contribution in [2.75, 3.05) is 0 Å². The van der Waals surface area contributed by atoms with Crippen molar-refractivity contribution in [3.8, 4) is 5.75 Å². The van der Waals surface area contributed by atoms with Crippen LogP contribution in [0.1, 0.15) is 59.2 Å². The van der Waals surface area contributed by atoms with Crippen molar-refractivity contribution in [3.63, 3.8) is 0 Å². The minimum absolute atomic E-state index is 0.134. The van der Waals surface area contributed by atoms with Gasteiger partial charge in [0.25, 0.3) is 0 Å². The summed E-state index contributed by atoms with van der Waals surface area (Å²) in [5.74, 6) is 0.451. The highest BCUT2D eigenvalue weighted by Gasteiger charge is 2.30. The molecule has 0 bridgehead atoms. The van der Waals surface area contributed by atoms with Crippen molar-refractivity contribution < 1.29 is 5.11 Å². The zero-order valence-corrected chi connectivity index (χ0v) is 23.9. The topological polar surface area (TPSA) is 23.5 Å². The molecule has 0 radical (unpaired) electrons. The highest BCUT2D eigenvalue weighted by molar-refractivity contribution is 7.48. The van der Waals surface area contributed by atoms with E-state index in [0.717, 1.165) is 37.2 Å². The highest BCUT2D eigenvalue weighted by Crippen LogP contribution is 2.49. The maximum atomic E-state index is 11.1. The maximum absolute atomic E-state index is 11.1. The van der Waals surface area contributed by atoms with Crippen LogP contribution in [0.5, 0.6) is 5.75 Å². The van der Waals surface area contributed by atoms with Crippen molar-refractivity contribution in [2.45, 2.75) is 65.8 Å². The smallest absolute Gasteiger partial charge is 0.122 e. The molecule has 4 aromatic rings. The number of aromatic hydroxyl groups is 1. The van der Waals surface area contributed by atoms with E-state index >= 15 is 0 Å². The number of hydrogen-bond donors (Lipinski definition) is 1. The minimum atomic E-state index is -0.134. The SMILES string of the molecule is CCC(C)(Pc1c(C)cccc1CN(Cc1ccccc1)Cc1ccccc1)c1cc(C)cc(C)c1O. The molecule has 2 nitrogen and oxygen atoms in total. The van der Waals surface area contributed by atoms with Crippen molar-refractivity contribution >= 4 is 13.9 Å².